The van der Waals surface area contributed by atoms with E-state index in [1.807, 2.05) is 0 Å². The van der Waals surface area contributed by atoms with Crippen LogP contribution in [0.1, 0.15) is 5.56 Å². The Morgan fingerprint density at radius 2 is 1.69 bits per heavy atom. The largest absolute Gasteiger partial charge is 0.573 e. The third kappa shape index (κ3) is 6.58. The number of aryl methyl sites for hydroxylation is 1. The van der Waals surface area contributed by atoms with Crippen LogP contribution in [0.15, 0.2) is 64.5 Å². The van der Waals surface area contributed by atoms with Crippen molar-refractivity contribution in [2.24, 2.45) is 0 Å². The lowest BCUT2D eigenvalue weighted by molar-refractivity contribution is -0.274. The fourth-order valence-corrected chi connectivity index (χ4v) is 5.91. The smallest absolute Gasteiger partial charge is 0.406 e. The van der Waals surface area contributed by atoms with Gasteiger partial charge >= 0.3 is 6.36 Å². The summed E-state index contributed by atoms with van der Waals surface area (Å²) in [6.45, 7) is 0. The summed E-state index contributed by atoms with van der Waals surface area (Å²) >= 11 is 6.64. The fraction of sp³-hybridized carbons (Fsp3) is 0.167. The summed E-state index contributed by atoms with van der Waals surface area (Å²) in [5.41, 5.74) is 0.334. The SMILES string of the molecule is O=S(=O)(CCc1cccc(OC(F)(F)F)c1)c1ccc(S(=O)(=O)Nc2ncc(Cl)s2)cc1. The maximum absolute atomic E-state index is 12.6. The highest BCUT2D eigenvalue weighted by molar-refractivity contribution is 7.93. The van der Waals surface area contributed by atoms with Crippen molar-refractivity contribution in [3.63, 3.8) is 0 Å². The van der Waals surface area contributed by atoms with E-state index in [1.165, 1.54) is 18.3 Å². The second-order valence-electron chi connectivity index (χ2n) is 6.31. The first-order valence-corrected chi connectivity index (χ1v) is 13.0. The minimum absolute atomic E-state index is 0.0587. The zero-order valence-electron chi connectivity index (χ0n) is 15.8. The first-order valence-electron chi connectivity index (χ1n) is 8.66. The Kier molecular flexibility index (Phi) is 7.03. The summed E-state index contributed by atoms with van der Waals surface area (Å²) in [7, 11) is -7.83. The van der Waals surface area contributed by atoms with Crippen molar-refractivity contribution in [1.82, 2.24) is 4.98 Å². The molecule has 0 aliphatic carbocycles. The number of benzene rings is 2. The van der Waals surface area contributed by atoms with Crippen molar-refractivity contribution in [2.75, 3.05) is 10.5 Å². The number of nitrogens with one attached hydrogen (secondary N) is 1. The molecule has 0 amide bonds. The molecule has 32 heavy (non-hydrogen) atoms. The predicted molar refractivity (Wildman–Crippen MR) is 113 cm³/mol. The monoisotopic (exact) mass is 526 g/mol. The number of anilines is 1. The van der Waals surface area contributed by atoms with Gasteiger partial charge in [-0.15, -0.1) is 13.2 Å². The van der Waals surface area contributed by atoms with E-state index in [0.717, 1.165) is 47.7 Å². The van der Waals surface area contributed by atoms with Gasteiger partial charge in [0.15, 0.2) is 15.0 Å². The van der Waals surface area contributed by atoms with E-state index in [9.17, 15) is 30.0 Å². The lowest BCUT2D eigenvalue weighted by atomic mass is 10.2. The van der Waals surface area contributed by atoms with Gasteiger partial charge in [-0.2, -0.15) is 0 Å². The van der Waals surface area contributed by atoms with Crippen LogP contribution in [-0.4, -0.2) is 33.9 Å². The number of sulfone groups is 1. The molecule has 0 radical (unpaired) electrons. The van der Waals surface area contributed by atoms with E-state index in [0.29, 0.717) is 9.90 Å². The van der Waals surface area contributed by atoms with Crippen LogP contribution in [-0.2, 0) is 26.3 Å². The molecular formula is C18H14ClF3N2O5S3. The average Bonchev–Trinajstić information content (AvgIpc) is 3.09. The average molecular weight is 527 g/mol. The minimum atomic E-state index is -4.85. The minimum Gasteiger partial charge on any atom is -0.406 e. The second kappa shape index (κ2) is 9.25. The number of nitrogens with zero attached hydrogens (tertiary/aromatic N) is 1. The van der Waals surface area contributed by atoms with Crippen LogP contribution in [0.25, 0.3) is 0 Å². The summed E-state index contributed by atoms with van der Waals surface area (Å²) in [5, 5.41) is 0.0587. The van der Waals surface area contributed by atoms with Crippen molar-refractivity contribution < 1.29 is 34.7 Å². The first-order chi connectivity index (χ1) is 14.8. The highest BCUT2D eigenvalue weighted by atomic mass is 35.5. The molecule has 14 heteroatoms. The predicted octanol–water partition coefficient (Wildman–Crippen LogP) is 4.51. The summed E-state index contributed by atoms with van der Waals surface area (Å²) < 4.78 is 93.3. The van der Waals surface area contributed by atoms with Gasteiger partial charge in [0.05, 0.1) is 21.7 Å². The molecule has 1 heterocycles. The number of hydrogen-bond donors (Lipinski definition) is 1. The fourth-order valence-electron chi connectivity index (χ4n) is 2.57. The number of thiazole rings is 1. The number of halogens is 4. The zero-order chi connectivity index (χ0) is 23.6. The van der Waals surface area contributed by atoms with Crippen LogP contribution < -0.4 is 9.46 Å². The number of alkyl halides is 3. The number of ether oxygens (including phenoxy) is 1. The van der Waals surface area contributed by atoms with Crippen LogP contribution in [0.3, 0.4) is 0 Å². The van der Waals surface area contributed by atoms with E-state index in [4.69, 9.17) is 11.6 Å². The van der Waals surface area contributed by atoms with E-state index in [1.54, 1.807) is 0 Å². The molecule has 0 fully saturated rings. The highest BCUT2D eigenvalue weighted by Crippen LogP contribution is 2.26. The quantitative estimate of drug-likeness (QED) is 0.463. The molecule has 2 aromatic carbocycles. The molecule has 3 aromatic rings. The molecule has 0 atom stereocenters. The maximum Gasteiger partial charge on any atom is 0.573 e. The molecule has 0 aliphatic rings. The van der Waals surface area contributed by atoms with Crippen molar-refractivity contribution in [3.05, 3.63) is 64.6 Å². The molecule has 1 aromatic heterocycles. The third-order valence-corrected chi connectivity index (χ3v) is 8.23. The summed E-state index contributed by atoms with van der Waals surface area (Å²) in [6, 6.07) is 9.55. The van der Waals surface area contributed by atoms with Crippen LogP contribution >= 0.6 is 22.9 Å². The molecule has 3 rings (SSSR count). The van der Waals surface area contributed by atoms with E-state index < -0.39 is 37.7 Å². The normalized spacial score (nSPS) is 12.5. The van der Waals surface area contributed by atoms with Gasteiger partial charge < -0.3 is 4.74 Å². The van der Waals surface area contributed by atoms with Crippen LogP contribution in [0.2, 0.25) is 4.34 Å². The Morgan fingerprint density at radius 1 is 1.03 bits per heavy atom. The van der Waals surface area contributed by atoms with Crippen LogP contribution in [0.5, 0.6) is 5.75 Å². The van der Waals surface area contributed by atoms with Gasteiger partial charge in [0.1, 0.15) is 10.1 Å². The molecule has 0 aliphatic heterocycles. The van der Waals surface area contributed by atoms with Crippen LogP contribution in [0, 0.1) is 0 Å². The topological polar surface area (TPSA) is 102 Å². The van der Waals surface area contributed by atoms with Gasteiger partial charge in [0.25, 0.3) is 10.0 Å². The molecule has 0 unspecified atom stereocenters. The number of rotatable bonds is 8. The maximum atomic E-state index is 12.6. The Balaban J connectivity index is 1.69. The molecule has 0 saturated carbocycles. The van der Waals surface area contributed by atoms with Crippen molar-refractivity contribution >= 4 is 47.9 Å². The van der Waals surface area contributed by atoms with Gasteiger partial charge in [-0.05, 0) is 48.4 Å². The standard InChI is InChI=1S/C18H14ClF3N2O5S3/c19-16-11-23-17(30-16)24-32(27,28)15-6-4-14(5-7-15)31(25,26)9-8-12-2-1-3-13(10-12)29-18(20,21)22/h1-7,10-11H,8-9H2,(H,23,24). The second-order valence-corrected chi connectivity index (χ2v) is 11.8. The van der Waals surface area contributed by atoms with Gasteiger partial charge in [0, 0.05) is 0 Å². The highest BCUT2D eigenvalue weighted by Gasteiger charge is 2.31. The van der Waals surface area contributed by atoms with Gasteiger partial charge in [0.2, 0.25) is 0 Å². The molecule has 0 saturated heterocycles. The van der Waals surface area contributed by atoms with Gasteiger partial charge in [-0.1, -0.05) is 35.1 Å². The third-order valence-electron chi connectivity index (χ3n) is 3.98. The first kappa shape index (κ1) is 24.3. The van der Waals surface area contributed by atoms with Crippen molar-refractivity contribution in [1.29, 1.82) is 0 Å². The summed E-state index contributed by atoms with van der Waals surface area (Å²) in [6.07, 6.45) is -3.64. The Bertz CT molecular complexity index is 1310. The van der Waals surface area contributed by atoms with Crippen molar-refractivity contribution in [3.8, 4) is 5.75 Å². The molecule has 172 valence electrons. The molecule has 0 bridgehead atoms. The Morgan fingerprint density at radius 3 is 2.28 bits per heavy atom. The summed E-state index contributed by atoms with van der Waals surface area (Å²) in [5.74, 6) is -0.847. The van der Waals surface area contributed by atoms with Crippen molar-refractivity contribution in [2.45, 2.75) is 22.6 Å². The van der Waals surface area contributed by atoms with Gasteiger partial charge in [-0.3, -0.25) is 4.72 Å². The molecular weight excluding hydrogens is 513 g/mol. The number of aromatic nitrogens is 1. The van der Waals surface area contributed by atoms with E-state index in [2.05, 4.69) is 14.4 Å². The van der Waals surface area contributed by atoms with E-state index in [-0.39, 0.29) is 21.3 Å². The Hall–Kier alpha value is -2.35. The molecule has 7 nitrogen and oxygen atoms in total. The Labute approximate surface area is 190 Å². The van der Waals surface area contributed by atoms with Crippen LogP contribution in [0.4, 0.5) is 18.3 Å². The lowest BCUT2D eigenvalue weighted by Gasteiger charge is -2.10. The lowest BCUT2D eigenvalue weighted by Crippen LogP contribution is -2.17. The zero-order valence-corrected chi connectivity index (χ0v) is 19.0. The van der Waals surface area contributed by atoms with E-state index >= 15 is 0 Å². The number of sulfonamides is 1. The number of hydrogen-bond acceptors (Lipinski definition) is 7. The molecule has 1 N–H and O–H groups in total. The summed E-state index contributed by atoms with van der Waals surface area (Å²) in [4.78, 5) is 3.48. The van der Waals surface area contributed by atoms with Gasteiger partial charge in [-0.25, -0.2) is 21.8 Å². The molecule has 0 spiro atoms.